The molecule has 0 radical (unpaired) electrons. The number of nitrogens with one attached hydrogen (secondary N) is 1. The number of rotatable bonds is 9. The van der Waals surface area contributed by atoms with Gasteiger partial charge < -0.3 is 25.3 Å². The highest BCUT2D eigenvalue weighted by Crippen LogP contribution is 2.49. The highest BCUT2D eigenvalue weighted by molar-refractivity contribution is 6.32. The van der Waals surface area contributed by atoms with Crippen LogP contribution in [0.1, 0.15) is 53.5 Å². The number of primary amides is 1. The fraction of sp³-hybridized carbons (Fsp3) is 0.324. The Morgan fingerprint density at radius 2 is 1.93 bits per heavy atom. The Hall–Kier alpha value is -4.28. The lowest BCUT2D eigenvalue weighted by Crippen LogP contribution is -2.50. The lowest BCUT2D eigenvalue weighted by Gasteiger charge is -2.41. The van der Waals surface area contributed by atoms with Crippen LogP contribution >= 0.6 is 23.2 Å². The van der Waals surface area contributed by atoms with Crippen LogP contribution in [0.3, 0.4) is 0 Å². The van der Waals surface area contributed by atoms with Crippen LogP contribution in [-0.4, -0.2) is 48.3 Å². The topological polar surface area (TPSA) is 134 Å². The molecule has 9 nitrogen and oxygen atoms in total. The quantitative estimate of drug-likeness (QED) is 0.214. The lowest BCUT2D eigenvalue weighted by molar-refractivity contribution is -0.123. The minimum atomic E-state index is -1.27. The number of amides is 2. The highest BCUT2D eigenvalue weighted by Gasteiger charge is 2.49. The summed E-state index contributed by atoms with van der Waals surface area (Å²) >= 11 is 12.5. The fourth-order valence-corrected chi connectivity index (χ4v) is 6.51. The van der Waals surface area contributed by atoms with Gasteiger partial charge in [0.05, 0.1) is 34.0 Å². The Balaban J connectivity index is 1.45. The smallest absolute Gasteiger partial charge is 0.251 e. The fourth-order valence-electron chi connectivity index (χ4n) is 6.17. The van der Waals surface area contributed by atoms with Crippen LogP contribution in [0.4, 0.5) is 4.39 Å². The van der Waals surface area contributed by atoms with Gasteiger partial charge in [-0.05, 0) is 75.1 Å². The van der Waals surface area contributed by atoms with Crippen molar-refractivity contribution < 1.29 is 28.2 Å². The van der Waals surface area contributed by atoms with Gasteiger partial charge in [0, 0.05) is 28.6 Å². The molecule has 4 aromatic rings. The minimum absolute atomic E-state index is 0.0405. The molecule has 2 aliphatic rings. The number of nitrogens with two attached hydrogens (primary N) is 1. The summed E-state index contributed by atoms with van der Waals surface area (Å²) in [7, 11) is 1.49. The Morgan fingerprint density at radius 3 is 2.57 bits per heavy atom. The lowest BCUT2D eigenvalue weighted by atomic mass is 9.63. The van der Waals surface area contributed by atoms with Gasteiger partial charge in [-0.2, -0.15) is 0 Å². The van der Waals surface area contributed by atoms with E-state index in [2.05, 4.69) is 10.3 Å². The molecule has 3 heterocycles. The van der Waals surface area contributed by atoms with Gasteiger partial charge in [0.2, 0.25) is 5.91 Å². The highest BCUT2D eigenvalue weighted by atomic mass is 35.5. The molecule has 2 aromatic heterocycles. The van der Waals surface area contributed by atoms with E-state index < -0.39 is 28.5 Å². The first-order valence-corrected chi connectivity index (χ1v) is 15.5. The van der Waals surface area contributed by atoms with Crippen molar-refractivity contribution in [2.75, 3.05) is 20.3 Å². The van der Waals surface area contributed by atoms with Crippen molar-refractivity contribution in [1.82, 2.24) is 15.3 Å². The zero-order valence-corrected chi connectivity index (χ0v) is 26.9. The van der Waals surface area contributed by atoms with Gasteiger partial charge in [0.25, 0.3) is 5.91 Å². The zero-order valence-electron chi connectivity index (χ0n) is 25.4. The third-order valence-corrected chi connectivity index (χ3v) is 10.0. The monoisotopic (exact) mass is 664 g/mol. The SMILES string of the molecule is COc1cc(C(=O)NC[C@](C=O)(c2cc3c(c(-c4ccc(F)c(Cl)c4)n2)OC[C@]3(C)C(N)=O)C2CCC2)cc2cc(Cl)c(C)nc12. The molecule has 0 bridgehead atoms. The number of nitrogens with zero attached hydrogens (tertiary/aromatic N) is 2. The number of carbonyl (C=O) groups excluding carboxylic acids is 3. The third-order valence-electron chi connectivity index (χ3n) is 9.37. The Kier molecular flexibility index (Phi) is 8.14. The van der Waals surface area contributed by atoms with Gasteiger partial charge >= 0.3 is 0 Å². The zero-order chi connectivity index (χ0) is 33.0. The first kappa shape index (κ1) is 31.7. The standard InChI is InChI=1S/C34H31Cl2FN4O5/c1-17-23(35)11-19-9-20(12-26(45-3)28(19)40-17)31(43)39-14-34(15-42,21-5-4-6-21)27-13-22-30(46-16-33(22,2)32(38)44)29(41-27)18-7-8-25(37)24(36)10-18/h7-13,15,21H,4-6,14,16H2,1-3H3,(H2,38,44)(H,39,43)/t33-,34+/m0/s1. The van der Waals surface area contributed by atoms with Crippen molar-refractivity contribution in [2.24, 2.45) is 11.7 Å². The molecule has 0 spiro atoms. The predicted molar refractivity (Wildman–Crippen MR) is 172 cm³/mol. The first-order valence-electron chi connectivity index (χ1n) is 14.8. The molecule has 2 aromatic carbocycles. The predicted octanol–water partition coefficient (Wildman–Crippen LogP) is 5.86. The van der Waals surface area contributed by atoms with Crippen molar-refractivity contribution >= 4 is 52.2 Å². The Bertz CT molecular complexity index is 1930. The normalized spacial score (nSPS) is 18.7. The number of aromatic nitrogens is 2. The molecular weight excluding hydrogens is 634 g/mol. The molecule has 1 aliphatic heterocycles. The number of halogens is 3. The average molecular weight is 666 g/mol. The van der Waals surface area contributed by atoms with E-state index in [-0.39, 0.29) is 35.3 Å². The largest absolute Gasteiger partial charge is 0.494 e. The number of aryl methyl sites for hydroxylation is 1. The summed E-state index contributed by atoms with van der Waals surface area (Å²) in [6.45, 7) is 3.32. The molecule has 1 saturated carbocycles. The summed E-state index contributed by atoms with van der Waals surface area (Å²) in [4.78, 5) is 49.1. The molecule has 6 rings (SSSR count). The summed E-state index contributed by atoms with van der Waals surface area (Å²) in [5.41, 5.74) is 6.35. The van der Waals surface area contributed by atoms with Crippen LogP contribution < -0.4 is 20.5 Å². The van der Waals surface area contributed by atoms with E-state index in [1.54, 1.807) is 38.1 Å². The maximum Gasteiger partial charge on any atom is 0.251 e. The number of fused-ring (bicyclic) bond motifs is 2. The molecule has 46 heavy (non-hydrogen) atoms. The van der Waals surface area contributed by atoms with E-state index >= 15 is 0 Å². The number of benzene rings is 2. The summed E-state index contributed by atoms with van der Waals surface area (Å²) in [5, 5.41) is 3.90. The van der Waals surface area contributed by atoms with Crippen molar-refractivity contribution in [2.45, 2.75) is 43.9 Å². The summed E-state index contributed by atoms with van der Waals surface area (Å²) < 4.78 is 25.6. The Morgan fingerprint density at radius 1 is 1.17 bits per heavy atom. The molecule has 0 unspecified atom stereocenters. The van der Waals surface area contributed by atoms with Gasteiger partial charge in [-0.3, -0.25) is 9.59 Å². The second-order valence-electron chi connectivity index (χ2n) is 12.1. The van der Waals surface area contributed by atoms with E-state index in [9.17, 15) is 18.8 Å². The summed E-state index contributed by atoms with van der Waals surface area (Å²) in [6.07, 6.45) is 3.17. The van der Waals surface area contributed by atoms with E-state index in [1.165, 1.54) is 25.3 Å². The van der Waals surface area contributed by atoms with Crippen molar-refractivity contribution in [3.63, 3.8) is 0 Å². The molecule has 1 aliphatic carbocycles. The van der Waals surface area contributed by atoms with Crippen LogP contribution in [-0.2, 0) is 20.4 Å². The van der Waals surface area contributed by atoms with Crippen molar-refractivity contribution in [3.05, 3.63) is 80.8 Å². The number of aldehydes is 1. The van der Waals surface area contributed by atoms with E-state index in [0.29, 0.717) is 49.9 Å². The van der Waals surface area contributed by atoms with Crippen LogP contribution in [0.2, 0.25) is 10.0 Å². The molecule has 3 N–H and O–H groups in total. The molecular formula is C34H31Cl2FN4O5. The number of carbonyl (C=O) groups is 3. The molecule has 2 amide bonds. The van der Waals surface area contributed by atoms with Crippen molar-refractivity contribution in [3.8, 4) is 22.8 Å². The minimum Gasteiger partial charge on any atom is -0.494 e. The maximum absolute atomic E-state index is 14.1. The first-order chi connectivity index (χ1) is 21.9. The second kappa shape index (κ2) is 11.8. The molecule has 1 fully saturated rings. The Labute approximate surface area is 274 Å². The second-order valence-corrected chi connectivity index (χ2v) is 12.9. The van der Waals surface area contributed by atoms with Gasteiger partial charge in [0.1, 0.15) is 46.8 Å². The van der Waals surface area contributed by atoms with Crippen LogP contribution in [0.25, 0.3) is 22.2 Å². The van der Waals surface area contributed by atoms with Crippen LogP contribution in [0.15, 0.2) is 42.5 Å². The maximum atomic E-state index is 14.1. The molecule has 2 atom stereocenters. The van der Waals surface area contributed by atoms with E-state index in [0.717, 1.165) is 25.5 Å². The molecule has 238 valence electrons. The summed E-state index contributed by atoms with van der Waals surface area (Å²) in [6, 6.07) is 10.8. The van der Waals surface area contributed by atoms with Crippen molar-refractivity contribution in [1.29, 1.82) is 0 Å². The molecule has 0 saturated heterocycles. The number of hydrogen-bond acceptors (Lipinski definition) is 7. The van der Waals surface area contributed by atoms with E-state index in [4.69, 9.17) is 43.4 Å². The third kappa shape index (κ3) is 5.13. The van der Waals surface area contributed by atoms with Gasteiger partial charge in [-0.1, -0.05) is 29.6 Å². The van der Waals surface area contributed by atoms with Gasteiger partial charge in [0.15, 0.2) is 0 Å². The number of ether oxygens (including phenoxy) is 2. The van der Waals surface area contributed by atoms with Gasteiger partial charge in [-0.25, -0.2) is 14.4 Å². The average Bonchev–Trinajstić information content (AvgIpc) is 3.36. The number of methoxy groups -OCH3 is 1. The van der Waals surface area contributed by atoms with Crippen LogP contribution in [0, 0.1) is 18.7 Å². The summed E-state index contributed by atoms with van der Waals surface area (Å²) in [5.74, 6) is -1.12. The van der Waals surface area contributed by atoms with Crippen LogP contribution in [0.5, 0.6) is 11.5 Å². The number of pyridine rings is 2. The molecule has 12 heteroatoms. The van der Waals surface area contributed by atoms with Gasteiger partial charge in [-0.15, -0.1) is 0 Å². The number of hydrogen-bond donors (Lipinski definition) is 2. The van der Waals surface area contributed by atoms with E-state index in [1.807, 2.05) is 0 Å².